The second kappa shape index (κ2) is 8.12. The summed E-state index contributed by atoms with van der Waals surface area (Å²) in [5.41, 5.74) is 0.123. The lowest BCUT2D eigenvalue weighted by Crippen LogP contribution is -2.36. The van der Waals surface area contributed by atoms with Crippen LogP contribution < -0.4 is 5.32 Å². The van der Waals surface area contributed by atoms with Crippen LogP contribution in [0.2, 0.25) is 0 Å². The minimum absolute atomic E-state index is 0.0174. The van der Waals surface area contributed by atoms with E-state index in [0.29, 0.717) is 4.60 Å². The first-order chi connectivity index (χ1) is 10.2. The van der Waals surface area contributed by atoms with Crippen LogP contribution in [0, 0.1) is 0 Å². The predicted molar refractivity (Wildman–Crippen MR) is 85.3 cm³/mol. The monoisotopic (exact) mass is 372 g/mol. The van der Waals surface area contributed by atoms with Gasteiger partial charge in [-0.3, -0.25) is 4.79 Å². The summed E-state index contributed by atoms with van der Waals surface area (Å²) < 4.78 is 10.8. The maximum atomic E-state index is 12.0. The van der Waals surface area contributed by atoms with E-state index in [4.69, 9.17) is 9.47 Å². The molecule has 0 aliphatic rings. The number of ether oxygens (including phenoxy) is 2. The van der Waals surface area contributed by atoms with Crippen molar-refractivity contribution in [2.24, 2.45) is 0 Å². The van der Waals surface area contributed by atoms with Gasteiger partial charge in [0.05, 0.1) is 19.1 Å². The molecule has 22 heavy (non-hydrogen) atoms. The zero-order chi connectivity index (χ0) is 16.8. The van der Waals surface area contributed by atoms with Crippen LogP contribution in [0.5, 0.6) is 0 Å². The maximum Gasteiger partial charge on any atom is 0.408 e. The number of hydrogen-bond acceptors (Lipinski definition) is 5. The van der Waals surface area contributed by atoms with Crippen LogP contribution in [0.25, 0.3) is 0 Å². The van der Waals surface area contributed by atoms with Gasteiger partial charge in [0.1, 0.15) is 10.2 Å². The van der Waals surface area contributed by atoms with Gasteiger partial charge in [-0.2, -0.15) is 0 Å². The van der Waals surface area contributed by atoms with E-state index in [1.54, 1.807) is 46.0 Å². The van der Waals surface area contributed by atoms with E-state index in [1.165, 1.54) is 0 Å². The molecule has 0 fully saturated rings. The lowest BCUT2D eigenvalue weighted by Gasteiger charge is -2.23. The van der Waals surface area contributed by atoms with Crippen LogP contribution in [-0.4, -0.2) is 29.3 Å². The summed E-state index contributed by atoms with van der Waals surface area (Å²) in [6, 6.07) is 2.92. The molecule has 1 aromatic rings. The first kappa shape index (κ1) is 18.4. The average molecular weight is 373 g/mol. The Bertz CT molecular complexity index is 529. The second-order valence-electron chi connectivity index (χ2n) is 5.62. The first-order valence-electron chi connectivity index (χ1n) is 6.98. The van der Waals surface area contributed by atoms with Crippen molar-refractivity contribution in [3.05, 3.63) is 28.5 Å². The molecule has 0 aliphatic carbocycles. The van der Waals surface area contributed by atoms with Gasteiger partial charge in [0.2, 0.25) is 0 Å². The van der Waals surface area contributed by atoms with E-state index in [-0.39, 0.29) is 13.0 Å². The van der Waals surface area contributed by atoms with Crippen LogP contribution in [-0.2, 0) is 14.3 Å². The van der Waals surface area contributed by atoms with E-state index >= 15 is 0 Å². The van der Waals surface area contributed by atoms with Gasteiger partial charge in [-0.05, 0) is 61.3 Å². The second-order valence-corrected chi connectivity index (χ2v) is 6.43. The molecule has 7 heteroatoms. The summed E-state index contributed by atoms with van der Waals surface area (Å²) in [5, 5.41) is 2.70. The molecule has 0 saturated carbocycles. The lowest BCUT2D eigenvalue weighted by atomic mass is 10.1. The maximum absolute atomic E-state index is 12.0. The summed E-state index contributed by atoms with van der Waals surface area (Å²) in [6.07, 6.45) is 1.02. The van der Waals surface area contributed by atoms with Gasteiger partial charge in [-0.1, -0.05) is 0 Å². The number of aromatic nitrogens is 1. The number of rotatable bonds is 5. The molecular formula is C15H21BrN2O4. The van der Waals surface area contributed by atoms with Crippen molar-refractivity contribution in [1.82, 2.24) is 10.3 Å². The SMILES string of the molecule is CCOC(=O)C[C@H](NC(=O)OC(C)(C)C)c1ccnc(Br)c1. The van der Waals surface area contributed by atoms with E-state index < -0.39 is 23.7 Å². The molecule has 0 unspecified atom stereocenters. The zero-order valence-electron chi connectivity index (χ0n) is 13.2. The number of hydrogen-bond donors (Lipinski definition) is 1. The molecule has 0 aliphatic heterocycles. The van der Waals surface area contributed by atoms with E-state index in [2.05, 4.69) is 26.2 Å². The molecule has 1 heterocycles. The normalized spacial score (nSPS) is 12.4. The van der Waals surface area contributed by atoms with E-state index in [1.807, 2.05) is 0 Å². The minimum atomic E-state index is -0.614. The highest BCUT2D eigenvalue weighted by atomic mass is 79.9. The van der Waals surface area contributed by atoms with Crippen molar-refractivity contribution in [2.75, 3.05) is 6.61 Å². The summed E-state index contributed by atoms with van der Waals surface area (Å²) in [4.78, 5) is 27.7. The molecule has 0 bridgehead atoms. The smallest absolute Gasteiger partial charge is 0.408 e. The van der Waals surface area contributed by atoms with Crippen LogP contribution in [0.3, 0.4) is 0 Å². The number of carbonyl (C=O) groups is 2. The quantitative estimate of drug-likeness (QED) is 0.633. The van der Waals surface area contributed by atoms with Crippen LogP contribution in [0.15, 0.2) is 22.9 Å². The molecule has 1 aromatic heterocycles. The number of pyridine rings is 1. The summed E-state index contributed by atoms with van der Waals surface area (Å²) >= 11 is 3.27. The molecule has 0 spiro atoms. The Labute approximate surface area is 138 Å². The molecule has 122 valence electrons. The highest BCUT2D eigenvalue weighted by Gasteiger charge is 2.23. The average Bonchev–Trinajstić information content (AvgIpc) is 2.36. The third kappa shape index (κ3) is 6.89. The van der Waals surface area contributed by atoms with Gasteiger partial charge in [-0.25, -0.2) is 9.78 Å². The van der Waals surface area contributed by atoms with Crippen molar-refractivity contribution in [3.8, 4) is 0 Å². The van der Waals surface area contributed by atoms with Gasteiger partial charge in [0.15, 0.2) is 0 Å². The Kier molecular flexibility index (Phi) is 6.80. The van der Waals surface area contributed by atoms with Gasteiger partial charge >= 0.3 is 12.1 Å². The van der Waals surface area contributed by atoms with Gasteiger partial charge < -0.3 is 14.8 Å². The van der Waals surface area contributed by atoms with Crippen molar-refractivity contribution >= 4 is 28.0 Å². The molecular weight excluding hydrogens is 352 g/mol. The number of esters is 1. The number of carbonyl (C=O) groups excluding carboxylic acids is 2. The molecule has 1 N–H and O–H groups in total. The highest BCUT2D eigenvalue weighted by Crippen LogP contribution is 2.21. The Hall–Kier alpha value is -1.63. The van der Waals surface area contributed by atoms with Crippen LogP contribution in [0.4, 0.5) is 4.79 Å². The van der Waals surface area contributed by atoms with Crippen molar-refractivity contribution in [2.45, 2.75) is 45.8 Å². The largest absolute Gasteiger partial charge is 0.466 e. The Balaban J connectivity index is 2.87. The van der Waals surface area contributed by atoms with E-state index in [0.717, 1.165) is 5.56 Å². The lowest BCUT2D eigenvalue weighted by molar-refractivity contribution is -0.143. The minimum Gasteiger partial charge on any atom is -0.466 e. The number of alkyl carbamates (subject to hydrolysis) is 1. The van der Waals surface area contributed by atoms with Gasteiger partial charge in [-0.15, -0.1) is 0 Å². The molecule has 1 rings (SSSR count). The summed E-state index contributed by atoms with van der Waals surface area (Å²) in [5.74, 6) is -0.392. The molecule has 6 nitrogen and oxygen atoms in total. The standard InChI is InChI=1S/C15H21BrN2O4/c1-5-21-13(19)9-11(10-6-7-17-12(16)8-10)18-14(20)22-15(2,3)4/h6-8,11H,5,9H2,1-4H3,(H,18,20)/t11-/m0/s1. The number of nitrogens with one attached hydrogen (secondary N) is 1. The fourth-order valence-corrected chi connectivity index (χ4v) is 2.11. The third-order valence-electron chi connectivity index (χ3n) is 2.52. The Morgan fingerprint density at radius 2 is 2.09 bits per heavy atom. The first-order valence-corrected chi connectivity index (χ1v) is 7.77. The number of amides is 1. The topological polar surface area (TPSA) is 77.5 Å². The highest BCUT2D eigenvalue weighted by molar-refractivity contribution is 9.10. The fraction of sp³-hybridized carbons (Fsp3) is 0.533. The van der Waals surface area contributed by atoms with E-state index in [9.17, 15) is 9.59 Å². The van der Waals surface area contributed by atoms with Gasteiger partial charge in [0, 0.05) is 6.20 Å². The number of nitrogens with zero attached hydrogens (tertiary/aromatic N) is 1. The Morgan fingerprint density at radius 3 is 2.64 bits per heavy atom. The fourth-order valence-electron chi connectivity index (χ4n) is 1.72. The summed E-state index contributed by atoms with van der Waals surface area (Å²) in [6.45, 7) is 7.34. The van der Waals surface area contributed by atoms with Crippen LogP contribution >= 0.6 is 15.9 Å². The molecule has 0 aromatic carbocycles. The van der Waals surface area contributed by atoms with Gasteiger partial charge in [0.25, 0.3) is 0 Å². The van der Waals surface area contributed by atoms with Crippen molar-refractivity contribution in [3.63, 3.8) is 0 Å². The Morgan fingerprint density at radius 1 is 1.41 bits per heavy atom. The van der Waals surface area contributed by atoms with Crippen molar-refractivity contribution < 1.29 is 19.1 Å². The van der Waals surface area contributed by atoms with Crippen molar-refractivity contribution in [1.29, 1.82) is 0 Å². The molecule has 0 saturated heterocycles. The zero-order valence-corrected chi connectivity index (χ0v) is 14.8. The predicted octanol–water partition coefficient (Wildman–Crippen LogP) is 3.36. The number of halogens is 1. The molecule has 0 radical (unpaired) electrons. The summed E-state index contributed by atoms with van der Waals surface area (Å²) in [7, 11) is 0. The van der Waals surface area contributed by atoms with Crippen LogP contribution in [0.1, 0.15) is 45.7 Å². The molecule has 1 amide bonds. The third-order valence-corrected chi connectivity index (χ3v) is 2.95. The molecule has 1 atom stereocenters.